The van der Waals surface area contributed by atoms with Crippen LogP contribution in [0, 0.1) is 13.8 Å². The molecule has 1 aromatic carbocycles. The lowest BCUT2D eigenvalue weighted by molar-refractivity contribution is -0.119. The van der Waals surface area contributed by atoms with E-state index in [4.69, 9.17) is 0 Å². The van der Waals surface area contributed by atoms with Crippen molar-refractivity contribution in [2.75, 3.05) is 18.4 Å². The molecule has 0 atom stereocenters. The number of hydrogen-bond acceptors (Lipinski definition) is 2. The molecule has 0 aliphatic carbocycles. The standard InChI is InChI=1S/C17H28N2O/c1-4-5-6-7-8-11-18-17(20)13-19-16-12-14(2)9-10-15(16)3/h9-10,12,19H,4-8,11,13H2,1-3H3,(H,18,20). The third-order valence-electron chi connectivity index (χ3n) is 3.43. The summed E-state index contributed by atoms with van der Waals surface area (Å²) in [5.41, 5.74) is 3.42. The molecule has 3 heteroatoms. The van der Waals surface area contributed by atoms with Crippen molar-refractivity contribution in [3.8, 4) is 0 Å². The highest BCUT2D eigenvalue weighted by Gasteiger charge is 2.02. The van der Waals surface area contributed by atoms with Crippen LogP contribution in [0.4, 0.5) is 5.69 Å². The molecule has 0 heterocycles. The van der Waals surface area contributed by atoms with Crippen LogP contribution in [0.2, 0.25) is 0 Å². The first-order valence-electron chi connectivity index (χ1n) is 7.71. The average Bonchev–Trinajstić information content (AvgIpc) is 2.43. The number of unbranched alkanes of at least 4 members (excludes halogenated alkanes) is 4. The summed E-state index contributed by atoms with van der Waals surface area (Å²) in [7, 11) is 0. The highest BCUT2D eigenvalue weighted by atomic mass is 16.1. The van der Waals surface area contributed by atoms with Gasteiger partial charge in [-0.2, -0.15) is 0 Å². The summed E-state index contributed by atoms with van der Waals surface area (Å²) in [6.45, 7) is 7.45. The number of carbonyl (C=O) groups is 1. The molecule has 3 nitrogen and oxygen atoms in total. The van der Waals surface area contributed by atoms with Crippen LogP contribution < -0.4 is 10.6 Å². The van der Waals surface area contributed by atoms with Crippen molar-refractivity contribution in [2.45, 2.75) is 52.9 Å². The Morgan fingerprint density at radius 1 is 1.10 bits per heavy atom. The van der Waals surface area contributed by atoms with Crippen molar-refractivity contribution in [3.63, 3.8) is 0 Å². The van der Waals surface area contributed by atoms with Gasteiger partial charge in [0.25, 0.3) is 0 Å². The van der Waals surface area contributed by atoms with E-state index in [1.54, 1.807) is 0 Å². The normalized spacial score (nSPS) is 10.3. The second kappa shape index (κ2) is 9.40. The van der Waals surface area contributed by atoms with Gasteiger partial charge in [-0.05, 0) is 37.5 Å². The molecule has 0 unspecified atom stereocenters. The fourth-order valence-electron chi connectivity index (χ4n) is 2.12. The van der Waals surface area contributed by atoms with Crippen LogP contribution >= 0.6 is 0 Å². The average molecular weight is 276 g/mol. The molecule has 0 radical (unpaired) electrons. The molecule has 1 amide bonds. The number of anilines is 1. The Labute approximate surface area is 123 Å². The van der Waals surface area contributed by atoms with E-state index in [1.165, 1.54) is 36.8 Å². The van der Waals surface area contributed by atoms with Gasteiger partial charge in [0, 0.05) is 12.2 Å². The Kier molecular flexibility index (Phi) is 7.78. The van der Waals surface area contributed by atoms with Crippen molar-refractivity contribution in [1.82, 2.24) is 5.32 Å². The van der Waals surface area contributed by atoms with E-state index in [2.05, 4.69) is 42.7 Å². The first-order valence-corrected chi connectivity index (χ1v) is 7.71. The molecule has 0 aliphatic rings. The Bertz CT molecular complexity index is 415. The third kappa shape index (κ3) is 6.60. The van der Waals surface area contributed by atoms with E-state index in [-0.39, 0.29) is 5.91 Å². The van der Waals surface area contributed by atoms with Gasteiger partial charge < -0.3 is 10.6 Å². The number of hydrogen-bond donors (Lipinski definition) is 2. The summed E-state index contributed by atoms with van der Waals surface area (Å²) >= 11 is 0. The van der Waals surface area contributed by atoms with Crippen molar-refractivity contribution in [2.24, 2.45) is 0 Å². The smallest absolute Gasteiger partial charge is 0.239 e. The van der Waals surface area contributed by atoms with E-state index >= 15 is 0 Å². The number of benzene rings is 1. The van der Waals surface area contributed by atoms with Gasteiger partial charge in [-0.1, -0.05) is 44.7 Å². The largest absolute Gasteiger partial charge is 0.376 e. The molecular weight excluding hydrogens is 248 g/mol. The lowest BCUT2D eigenvalue weighted by atomic mass is 10.1. The molecule has 20 heavy (non-hydrogen) atoms. The number of amides is 1. The van der Waals surface area contributed by atoms with Gasteiger partial charge >= 0.3 is 0 Å². The van der Waals surface area contributed by atoms with Gasteiger partial charge in [-0.25, -0.2) is 0 Å². The second-order valence-electron chi connectivity index (χ2n) is 5.44. The first kappa shape index (κ1) is 16.5. The molecule has 0 saturated heterocycles. The second-order valence-corrected chi connectivity index (χ2v) is 5.44. The zero-order valence-electron chi connectivity index (χ0n) is 13.1. The van der Waals surface area contributed by atoms with Crippen LogP contribution in [-0.2, 0) is 4.79 Å². The van der Waals surface area contributed by atoms with Gasteiger partial charge in [-0.15, -0.1) is 0 Å². The topological polar surface area (TPSA) is 41.1 Å². The summed E-state index contributed by atoms with van der Waals surface area (Å²) in [4.78, 5) is 11.7. The minimum absolute atomic E-state index is 0.0707. The maximum Gasteiger partial charge on any atom is 0.239 e. The van der Waals surface area contributed by atoms with Gasteiger partial charge in [0.05, 0.1) is 6.54 Å². The van der Waals surface area contributed by atoms with Gasteiger partial charge in [0.2, 0.25) is 5.91 Å². The maximum atomic E-state index is 11.7. The lowest BCUT2D eigenvalue weighted by Crippen LogP contribution is -2.30. The monoisotopic (exact) mass is 276 g/mol. The summed E-state index contributed by atoms with van der Waals surface area (Å²) in [6, 6.07) is 6.23. The summed E-state index contributed by atoms with van der Waals surface area (Å²) in [5.74, 6) is 0.0707. The highest BCUT2D eigenvalue weighted by molar-refractivity contribution is 5.80. The fourth-order valence-corrected chi connectivity index (χ4v) is 2.12. The molecule has 0 aliphatic heterocycles. The Hall–Kier alpha value is -1.51. The number of nitrogens with one attached hydrogen (secondary N) is 2. The lowest BCUT2D eigenvalue weighted by Gasteiger charge is -2.10. The van der Waals surface area contributed by atoms with E-state index < -0.39 is 0 Å². The highest BCUT2D eigenvalue weighted by Crippen LogP contribution is 2.15. The van der Waals surface area contributed by atoms with Crippen LogP contribution in [-0.4, -0.2) is 19.0 Å². The number of aryl methyl sites for hydroxylation is 2. The summed E-state index contributed by atoms with van der Waals surface area (Å²) in [6.07, 6.45) is 6.11. The SMILES string of the molecule is CCCCCCCNC(=O)CNc1cc(C)ccc1C. The maximum absolute atomic E-state index is 11.7. The summed E-state index contributed by atoms with van der Waals surface area (Å²) in [5, 5.41) is 6.17. The van der Waals surface area contributed by atoms with Crippen LogP contribution in [0.1, 0.15) is 50.2 Å². The van der Waals surface area contributed by atoms with Crippen molar-refractivity contribution >= 4 is 11.6 Å². The van der Waals surface area contributed by atoms with Crippen LogP contribution in [0.5, 0.6) is 0 Å². The van der Waals surface area contributed by atoms with E-state index in [0.717, 1.165) is 18.7 Å². The molecular formula is C17H28N2O. The Morgan fingerprint density at radius 2 is 1.85 bits per heavy atom. The Morgan fingerprint density at radius 3 is 2.60 bits per heavy atom. The summed E-state index contributed by atoms with van der Waals surface area (Å²) < 4.78 is 0. The van der Waals surface area contributed by atoms with Crippen molar-refractivity contribution < 1.29 is 4.79 Å². The Balaban J connectivity index is 2.18. The van der Waals surface area contributed by atoms with Gasteiger partial charge in [0.15, 0.2) is 0 Å². The minimum atomic E-state index is 0.0707. The van der Waals surface area contributed by atoms with Crippen LogP contribution in [0.3, 0.4) is 0 Å². The predicted molar refractivity (Wildman–Crippen MR) is 86.2 cm³/mol. The molecule has 0 fully saturated rings. The van der Waals surface area contributed by atoms with Crippen molar-refractivity contribution in [3.05, 3.63) is 29.3 Å². The molecule has 0 saturated carbocycles. The zero-order chi connectivity index (χ0) is 14.8. The molecule has 0 aromatic heterocycles. The minimum Gasteiger partial charge on any atom is -0.376 e. The zero-order valence-corrected chi connectivity index (χ0v) is 13.1. The van der Waals surface area contributed by atoms with E-state index in [1.807, 2.05) is 6.92 Å². The van der Waals surface area contributed by atoms with Crippen molar-refractivity contribution in [1.29, 1.82) is 0 Å². The predicted octanol–water partition coefficient (Wildman–Crippen LogP) is 3.80. The number of rotatable bonds is 9. The number of carbonyl (C=O) groups excluding carboxylic acids is 1. The molecule has 112 valence electrons. The molecule has 1 aromatic rings. The molecule has 0 spiro atoms. The van der Waals surface area contributed by atoms with Crippen LogP contribution in [0.15, 0.2) is 18.2 Å². The van der Waals surface area contributed by atoms with E-state index in [0.29, 0.717) is 6.54 Å². The first-order chi connectivity index (χ1) is 9.63. The van der Waals surface area contributed by atoms with Gasteiger partial charge in [0.1, 0.15) is 0 Å². The molecule has 0 bridgehead atoms. The quantitative estimate of drug-likeness (QED) is 0.674. The van der Waals surface area contributed by atoms with Crippen LogP contribution in [0.25, 0.3) is 0 Å². The third-order valence-corrected chi connectivity index (χ3v) is 3.43. The molecule has 1 rings (SSSR count). The molecule has 2 N–H and O–H groups in total. The van der Waals surface area contributed by atoms with E-state index in [9.17, 15) is 4.79 Å². The fraction of sp³-hybridized carbons (Fsp3) is 0.588. The van der Waals surface area contributed by atoms with Gasteiger partial charge in [-0.3, -0.25) is 4.79 Å².